The Balaban J connectivity index is 1.42. The predicted octanol–water partition coefficient (Wildman–Crippen LogP) is 4.12. The predicted molar refractivity (Wildman–Crippen MR) is 119 cm³/mol. The minimum absolute atomic E-state index is 0.0510. The van der Waals surface area contributed by atoms with Gasteiger partial charge in [-0.1, -0.05) is 53.7 Å². The van der Waals surface area contributed by atoms with Crippen molar-refractivity contribution in [2.45, 2.75) is 18.5 Å². The van der Waals surface area contributed by atoms with Crippen LogP contribution in [0.2, 0.25) is 0 Å². The Morgan fingerprint density at radius 3 is 2.80 bits per heavy atom. The highest BCUT2D eigenvalue weighted by Gasteiger charge is 2.11. The van der Waals surface area contributed by atoms with Crippen LogP contribution in [0.15, 0.2) is 72.0 Å². The van der Waals surface area contributed by atoms with E-state index in [9.17, 15) is 4.79 Å². The molecule has 0 aliphatic rings. The molecular weight excluding hydrogens is 396 g/mol. The number of aryl methyl sites for hydroxylation is 1. The molecule has 0 saturated heterocycles. The third-order valence-electron chi connectivity index (χ3n) is 4.67. The summed E-state index contributed by atoms with van der Waals surface area (Å²) < 4.78 is 7.02. The number of benzene rings is 2. The maximum Gasteiger partial charge on any atom is 0.230 e. The number of carbonyl (C=O) groups is 1. The maximum absolute atomic E-state index is 12.3. The van der Waals surface area contributed by atoms with Gasteiger partial charge in [0.15, 0.2) is 0 Å². The maximum atomic E-state index is 12.3. The molecule has 0 aliphatic carbocycles. The van der Waals surface area contributed by atoms with Crippen molar-refractivity contribution in [3.05, 3.63) is 78.1 Å². The molecule has 0 aliphatic heterocycles. The molecule has 2 heterocycles. The minimum Gasteiger partial charge on any atom is -0.497 e. The first-order chi connectivity index (χ1) is 14.6. The van der Waals surface area contributed by atoms with Crippen molar-refractivity contribution in [1.29, 1.82) is 0 Å². The Hall–Kier alpha value is -3.32. The van der Waals surface area contributed by atoms with Crippen molar-refractivity contribution in [2.24, 2.45) is 0 Å². The fraction of sp³-hybridized carbons (Fsp3) is 0.174. The zero-order chi connectivity index (χ0) is 20.9. The molecule has 1 amide bonds. The molecule has 0 spiro atoms. The van der Waals surface area contributed by atoms with Gasteiger partial charge in [0.2, 0.25) is 5.91 Å². The second kappa shape index (κ2) is 9.00. The van der Waals surface area contributed by atoms with Gasteiger partial charge in [-0.3, -0.25) is 4.79 Å². The summed E-state index contributed by atoms with van der Waals surface area (Å²) in [6.45, 7) is 2.52. The van der Waals surface area contributed by atoms with Crippen molar-refractivity contribution >= 4 is 23.2 Å². The fourth-order valence-electron chi connectivity index (χ4n) is 3.04. The first-order valence-corrected chi connectivity index (χ1v) is 10.5. The molecule has 0 unspecified atom stereocenters. The normalized spacial score (nSPS) is 10.9. The van der Waals surface area contributed by atoms with Crippen LogP contribution < -0.4 is 10.1 Å². The lowest BCUT2D eigenvalue weighted by molar-refractivity contribution is -0.118. The van der Waals surface area contributed by atoms with Crippen molar-refractivity contribution in [1.82, 2.24) is 19.9 Å². The zero-order valence-corrected chi connectivity index (χ0v) is 17.6. The number of ether oxygens (including phenoxy) is 1. The van der Waals surface area contributed by atoms with Gasteiger partial charge in [0, 0.05) is 24.5 Å². The van der Waals surface area contributed by atoms with Gasteiger partial charge in [0.1, 0.15) is 10.8 Å². The number of rotatable bonds is 7. The number of hydrogen-bond acceptors (Lipinski definition) is 5. The molecule has 0 radical (unpaired) electrons. The lowest BCUT2D eigenvalue weighted by Gasteiger charge is -2.07. The summed E-state index contributed by atoms with van der Waals surface area (Å²) in [5.41, 5.74) is 5.02. The average molecular weight is 419 g/mol. The van der Waals surface area contributed by atoms with Crippen LogP contribution in [0.3, 0.4) is 0 Å². The summed E-state index contributed by atoms with van der Waals surface area (Å²) in [5, 5.41) is 8.36. The first-order valence-electron chi connectivity index (χ1n) is 9.56. The Labute approximate surface area is 179 Å². The van der Waals surface area contributed by atoms with E-state index in [-0.39, 0.29) is 11.7 Å². The van der Waals surface area contributed by atoms with E-state index in [0.717, 1.165) is 33.1 Å². The van der Waals surface area contributed by atoms with Crippen LogP contribution in [0.4, 0.5) is 0 Å². The smallest absolute Gasteiger partial charge is 0.230 e. The number of nitrogens with one attached hydrogen (secondary N) is 1. The molecule has 4 rings (SSSR count). The standard InChI is InChI=1S/C23H22N4O2S/c1-16-6-8-18(9-7-16)20-13-21-23(24-10-11-27(21)26-20)30-15-22(28)25-14-17-4-3-5-19(12-17)29-2/h3-13H,14-15H2,1-2H3,(H,25,28). The molecule has 2 aromatic carbocycles. The van der Waals surface area contributed by atoms with Crippen LogP contribution in [-0.4, -0.2) is 33.4 Å². The molecule has 6 nitrogen and oxygen atoms in total. The summed E-state index contributed by atoms with van der Waals surface area (Å²) in [4.78, 5) is 16.8. The lowest BCUT2D eigenvalue weighted by Crippen LogP contribution is -2.24. The van der Waals surface area contributed by atoms with E-state index in [2.05, 4.69) is 46.6 Å². The van der Waals surface area contributed by atoms with Crippen LogP contribution in [0, 0.1) is 6.92 Å². The summed E-state index contributed by atoms with van der Waals surface area (Å²) in [6.07, 6.45) is 3.52. The Morgan fingerprint density at radius 1 is 1.17 bits per heavy atom. The van der Waals surface area contributed by atoms with E-state index in [1.807, 2.05) is 36.5 Å². The number of carbonyl (C=O) groups excluding carboxylic acids is 1. The van der Waals surface area contributed by atoms with E-state index < -0.39 is 0 Å². The SMILES string of the molecule is COc1cccc(CNC(=O)CSc2nccn3nc(-c4ccc(C)cc4)cc23)c1. The third-order valence-corrected chi connectivity index (χ3v) is 5.66. The molecule has 1 N–H and O–H groups in total. The molecule has 7 heteroatoms. The molecule has 0 saturated carbocycles. The molecular formula is C23H22N4O2S. The van der Waals surface area contributed by atoms with Gasteiger partial charge in [0.05, 0.1) is 24.1 Å². The molecule has 4 aromatic rings. The fourth-order valence-corrected chi connectivity index (χ4v) is 3.85. The van der Waals surface area contributed by atoms with Gasteiger partial charge >= 0.3 is 0 Å². The summed E-state index contributed by atoms with van der Waals surface area (Å²) in [5.74, 6) is 1.00. The van der Waals surface area contributed by atoms with E-state index in [1.54, 1.807) is 17.8 Å². The van der Waals surface area contributed by atoms with Crippen LogP contribution in [0.1, 0.15) is 11.1 Å². The number of fused-ring (bicyclic) bond motifs is 1. The molecule has 152 valence electrons. The number of methoxy groups -OCH3 is 1. The van der Waals surface area contributed by atoms with Gasteiger partial charge in [-0.25, -0.2) is 9.50 Å². The van der Waals surface area contributed by atoms with E-state index in [0.29, 0.717) is 6.54 Å². The molecule has 0 bridgehead atoms. The van der Waals surface area contributed by atoms with Crippen LogP contribution in [0.5, 0.6) is 5.75 Å². The van der Waals surface area contributed by atoms with Crippen molar-refractivity contribution in [2.75, 3.05) is 12.9 Å². The number of aromatic nitrogens is 3. The van der Waals surface area contributed by atoms with Crippen LogP contribution in [0.25, 0.3) is 16.8 Å². The molecule has 0 fully saturated rings. The number of amides is 1. The minimum atomic E-state index is -0.0510. The summed E-state index contributed by atoms with van der Waals surface area (Å²) >= 11 is 1.40. The van der Waals surface area contributed by atoms with E-state index >= 15 is 0 Å². The number of hydrogen-bond donors (Lipinski definition) is 1. The second-order valence-electron chi connectivity index (χ2n) is 6.87. The monoisotopic (exact) mass is 418 g/mol. The van der Waals surface area contributed by atoms with Gasteiger partial charge in [-0.15, -0.1) is 0 Å². The Morgan fingerprint density at radius 2 is 2.00 bits per heavy atom. The largest absolute Gasteiger partial charge is 0.497 e. The van der Waals surface area contributed by atoms with Gasteiger partial charge in [-0.05, 0) is 30.7 Å². The van der Waals surface area contributed by atoms with Crippen molar-refractivity contribution in [3.8, 4) is 17.0 Å². The Kier molecular flexibility index (Phi) is 5.99. The van der Waals surface area contributed by atoms with E-state index in [4.69, 9.17) is 4.74 Å². The van der Waals surface area contributed by atoms with Crippen molar-refractivity contribution in [3.63, 3.8) is 0 Å². The third kappa shape index (κ3) is 4.63. The second-order valence-corrected chi connectivity index (χ2v) is 7.84. The zero-order valence-electron chi connectivity index (χ0n) is 16.8. The highest BCUT2D eigenvalue weighted by Crippen LogP contribution is 2.26. The van der Waals surface area contributed by atoms with Gasteiger partial charge in [0.25, 0.3) is 0 Å². The van der Waals surface area contributed by atoms with Crippen LogP contribution >= 0.6 is 11.8 Å². The number of thioether (sulfide) groups is 1. The average Bonchev–Trinajstić information content (AvgIpc) is 3.22. The highest BCUT2D eigenvalue weighted by molar-refractivity contribution is 8.00. The Bertz CT molecular complexity index is 1170. The summed E-state index contributed by atoms with van der Waals surface area (Å²) in [6, 6.07) is 17.9. The lowest BCUT2D eigenvalue weighted by atomic mass is 10.1. The first kappa shape index (κ1) is 20.0. The van der Waals surface area contributed by atoms with Crippen molar-refractivity contribution < 1.29 is 9.53 Å². The summed E-state index contributed by atoms with van der Waals surface area (Å²) in [7, 11) is 1.63. The van der Waals surface area contributed by atoms with Crippen LogP contribution in [-0.2, 0) is 11.3 Å². The molecule has 0 atom stereocenters. The quantitative estimate of drug-likeness (QED) is 0.457. The van der Waals surface area contributed by atoms with Gasteiger partial charge in [-0.2, -0.15) is 5.10 Å². The molecule has 2 aromatic heterocycles. The van der Waals surface area contributed by atoms with E-state index in [1.165, 1.54) is 17.3 Å². The number of nitrogens with zero attached hydrogens (tertiary/aromatic N) is 3. The topological polar surface area (TPSA) is 68.5 Å². The van der Waals surface area contributed by atoms with Gasteiger partial charge < -0.3 is 10.1 Å². The molecule has 30 heavy (non-hydrogen) atoms. The highest BCUT2D eigenvalue weighted by atomic mass is 32.2.